The van der Waals surface area contributed by atoms with Crippen LogP contribution in [-0.4, -0.2) is 30.7 Å². The Kier molecular flexibility index (Phi) is 3.49. The highest BCUT2D eigenvalue weighted by molar-refractivity contribution is 7.90. The van der Waals surface area contributed by atoms with Crippen molar-refractivity contribution in [3.8, 4) is 11.1 Å². The number of hydrogen-bond donors (Lipinski definition) is 2. The predicted octanol–water partition coefficient (Wildman–Crippen LogP) is 3.25. The van der Waals surface area contributed by atoms with Crippen molar-refractivity contribution >= 4 is 26.7 Å². The molecule has 1 heterocycles. The zero-order valence-electron chi connectivity index (χ0n) is 12.6. The third kappa shape index (κ3) is 2.61. The second-order valence-corrected chi connectivity index (χ2v) is 7.49. The molecule has 0 spiro atoms. The number of benzene rings is 2. The van der Waals surface area contributed by atoms with Gasteiger partial charge in [-0.05, 0) is 30.2 Å². The number of rotatable bonds is 3. The van der Waals surface area contributed by atoms with Crippen LogP contribution in [-0.2, 0) is 9.84 Å². The number of aromatic amines is 1. The number of carboxylic acids is 1. The van der Waals surface area contributed by atoms with Crippen molar-refractivity contribution in [3.05, 3.63) is 53.7 Å². The molecule has 0 fully saturated rings. The monoisotopic (exact) mass is 329 g/mol. The van der Waals surface area contributed by atoms with Gasteiger partial charge in [0.15, 0.2) is 9.84 Å². The second kappa shape index (κ2) is 5.24. The molecule has 0 radical (unpaired) electrons. The van der Waals surface area contributed by atoms with E-state index in [1.54, 1.807) is 12.1 Å². The third-order valence-corrected chi connectivity index (χ3v) is 4.96. The summed E-state index contributed by atoms with van der Waals surface area (Å²) in [4.78, 5) is 14.7. The summed E-state index contributed by atoms with van der Waals surface area (Å²) in [5.41, 5.74) is 3.04. The van der Waals surface area contributed by atoms with Gasteiger partial charge in [-0.2, -0.15) is 0 Å². The smallest absolute Gasteiger partial charge is 0.352 e. The van der Waals surface area contributed by atoms with Crippen LogP contribution in [0.15, 0.2) is 47.4 Å². The summed E-state index contributed by atoms with van der Waals surface area (Å²) in [5, 5.41) is 10.3. The standard InChI is InChI=1S/C17H15NO4S/c1-10-4-3-5-13-14(16(17(19)20)18-15(10)13)11-6-8-12(9-7-11)23(2,21)22/h3-9,18H,1-2H3,(H,19,20). The molecule has 0 atom stereocenters. The minimum atomic E-state index is -3.29. The van der Waals surface area contributed by atoms with Gasteiger partial charge in [0, 0.05) is 22.7 Å². The molecule has 1 aromatic heterocycles. The van der Waals surface area contributed by atoms with Gasteiger partial charge in [0.2, 0.25) is 0 Å². The van der Waals surface area contributed by atoms with E-state index in [-0.39, 0.29) is 10.6 Å². The molecule has 2 aromatic carbocycles. The molecule has 23 heavy (non-hydrogen) atoms. The quantitative estimate of drug-likeness (QED) is 0.772. The molecule has 0 saturated carbocycles. The Morgan fingerprint density at radius 2 is 1.74 bits per heavy atom. The van der Waals surface area contributed by atoms with Gasteiger partial charge in [0.05, 0.1) is 4.90 Å². The summed E-state index contributed by atoms with van der Waals surface area (Å²) in [7, 11) is -3.29. The zero-order chi connectivity index (χ0) is 16.8. The first-order chi connectivity index (χ1) is 10.8. The molecule has 5 nitrogen and oxygen atoms in total. The molecule has 6 heteroatoms. The number of para-hydroxylation sites is 1. The number of fused-ring (bicyclic) bond motifs is 1. The third-order valence-electron chi connectivity index (χ3n) is 3.83. The highest BCUT2D eigenvalue weighted by Crippen LogP contribution is 2.34. The molecule has 0 aliphatic rings. The fourth-order valence-corrected chi connectivity index (χ4v) is 3.32. The maximum Gasteiger partial charge on any atom is 0.352 e. The first-order valence-electron chi connectivity index (χ1n) is 6.94. The molecule has 3 rings (SSSR count). The van der Waals surface area contributed by atoms with Gasteiger partial charge < -0.3 is 10.1 Å². The maximum absolute atomic E-state index is 11.6. The van der Waals surface area contributed by atoms with E-state index in [1.165, 1.54) is 12.1 Å². The first kappa shape index (κ1) is 15.3. The Hall–Kier alpha value is -2.60. The largest absolute Gasteiger partial charge is 0.477 e. The molecule has 0 aliphatic heterocycles. The molecule has 118 valence electrons. The topological polar surface area (TPSA) is 87.2 Å². The predicted molar refractivity (Wildman–Crippen MR) is 88.5 cm³/mol. The lowest BCUT2D eigenvalue weighted by atomic mass is 10.0. The summed E-state index contributed by atoms with van der Waals surface area (Å²) in [6.45, 7) is 1.90. The van der Waals surface area contributed by atoms with Gasteiger partial charge in [0.25, 0.3) is 0 Å². The van der Waals surface area contributed by atoms with Crippen molar-refractivity contribution in [2.45, 2.75) is 11.8 Å². The Balaban J connectivity index is 2.29. The summed E-state index contributed by atoms with van der Waals surface area (Å²) in [5.74, 6) is -1.05. The van der Waals surface area contributed by atoms with Crippen molar-refractivity contribution < 1.29 is 18.3 Å². The summed E-state index contributed by atoms with van der Waals surface area (Å²) in [6.07, 6.45) is 1.14. The summed E-state index contributed by atoms with van der Waals surface area (Å²) >= 11 is 0. The normalized spacial score (nSPS) is 11.7. The van der Waals surface area contributed by atoms with Gasteiger partial charge in [-0.3, -0.25) is 0 Å². The number of H-pyrrole nitrogens is 1. The summed E-state index contributed by atoms with van der Waals surface area (Å²) in [6, 6.07) is 11.9. The molecule has 0 bridgehead atoms. The Bertz CT molecular complexity index is 1010. The lowest BCUT2D eigenvalue weighted by molar-refractivity contribution is 0.0692. The van der Waals surface area contributed by atoms with Gasteiger partial charge in [-0.25, -0.2) is 13.2 Å². The van der Waals surface area contributed by atoms with Gasteiger partial charge >= 0.3 is 5.97 Å². The van der Waals surface area contributed by atoms with Gasteiger partial charge in [0.1, 0.15) is 5.69 Å². The fourth-order valence-electron chi connectivity index (χ4n) is 2.69. The van der Waals surface area contributed by atoms with Crippen molar-refractivity contribution in [3.63, 3.8) is 0 Å². The molecule has 0 aliphatic carbocycles. The molecule has 0 saturated heterocycles. The molecule has 3 aromatic rings. The number of aryl methyl sites for hydroxylation is 1. The molecule has 0 unspecified atom stereocenters. The van der Waals surface area contributed by atoms with Gasteiger partial charge in [-0.1, -0.05) is 30.3 Å². The van der Waals surface area contributed by atoms with E-state index >= 15 is 0 Å². The lowest BCUT2D eigenvalue weighted by Gasteiger charge is -2.04. The van der Waals surface area contributed by atoms with E-state index in [9.17, 15) is 18.3 Å². The van der Waals surface area contributed by atoms with E-state index in [0.29, 0.717) is 11.1 Å². The molecule has 2 N–H and O–H groups in total. The van der Waals surface area contributed by atoms with Crippen LogP contribution in [0.3, 0.4) is 0 Å². The van der Waals surface area contributed by atoms with Crippen LogP contribution in [0.2, 0.25) is 0 Å². The van der Waals surface area contributed by atoms with Crippen LogP contribution >= 0.6 is 0 Å². The average Bonchev–Trinajstić information content (AvgIpc) is 2.87. The molecule has 0 amide bonds. The highest BCUT2D eigenvalue weighted by Gasteiger charge is 2.19. The Morgan fingerprint density at radius 3 is 2.30 bits per heavy atom. The molecular weight excluding hydrogens is 314 g/mol. The van der Waals surface area contributed by atoms with Crippen LogP contribution in [0.4, 0.5) is 0 Å². The first-order valence-corrected chi connectivity index (χ1v) is 8.83. The van der Waals surface area contributed by atoms with E-state index in [4.69, 9.17) is 0 Å². The van der Waals surface area contributed by atoms with E-state index in [0.717, 1.165) is 22.7 Å². The van der Waals surface area contributed by atoms with Crippen LogP contribution in [0.1, 0.15) is 16.1 Å². The minimum Gasteiger partial charge on any atom is -0.477 e. The number of hydrogen-bond acceptors (Lipinski definition) is 3. The Labute approximate surface area is 133 Å². The zero-order valence-corrected chi connectivity index (χ0v) is 13.4. The van der Waals surface area contributed by atoms with Crippen LogP contribution in [0.25, 0.3) is 22.0 Å². The second-order valence-electron chi connectivity index (χ2n) is 5.47. The number of sulfone groups is 1. The number of nitrogens with one attached hydrogen (secondary N) is 1. The lowest BCUT2D eigenvalue weighted by Crippen LogP contribution is -1.99. The number of carboxylic acid groups (broad SMARTS) is 1. The number of aromatic nitrogens is 1. The van der Waals surface area contributed by atoms with Crippen LogP contribution in [0.5, 0.6) is 0 Å². The van der Waals surface area contributed by atoms with Crippen molar-refractivity contribution in [2.75, 3.05) is 6.26 Å². The van der Waals surface area contributed by atoms with Crippen molar-refractivity contribution in [2.24, 2.45) is 0 Å². The van der Waals surface area contributed by atoms with Crippen LogP contribution in [0, 0.1) is 6.92 Å². The Morgan fingerprint density at radius 1 is 1.09 bits per heavy atom. The van der Waals surface area contributed by atoms with E-state index < -0.39 is 15.8 Å². The number of aromatic carboxylic acids is 1. The van der Waals surface area contributed by atoms with E-state index in [2.05, 4.69) is 4.98 Å². The number of carbonyl (C=O) groups is 1. The van der Waals surface area contributed by atoms with E-state index in [1.807, 2.05) is 25.1 Å². The molecular formula is C17H15NO4S. The minimum absolute atomic E-state index is 0.0985. The van der Waals surface area contributed by atoms with Gasteiger partial charge in [-0.15, -0.1) is 0 Å². The maximum atomic E-state index is 11.6. The SMILES string of the molecule is Cc1cccc2c(-c3ccc(S(C)(=O)=O)cc3)c(C(=O)O)[nH]c12. The fraction of sp³-hybridized carbons (Fsp3) is 0.118. The van der Waals surface area contributed by atoms with Crippen molar-refractivity contribution in [1.29, 1.82) is 0 Å². The highest BCUT2D eigenvalue weighted by atomic mass is 32.2. The summed E-state index contributed by atoms with van der Waals surface area (Å²) < 4.78 is 23.1. The van der Waals surface area contributed by atoms with Crippen molar-refractivity contribution in [1.82, 2.24) is 4.98 Å². The average molecular weight is 329 g/mol. The van der Waals surface area contributed by atoms with Crippen LogP contribution < -0.4 is 0 Å².